The largest absolute Gasteiger partial charge is 0.317 e. The second kappa shape index (κ2) is 7.24. The summed E-state index contributed by atoms with van der Waals surface area (Å²) >= 11 is 0. The van der Waals surface area contributed by atoms with Gasteiger partial charge < -0.3 is 15.1 Å². The molecule has 1 aliphatic carbocycles. The van der Waals surface area contributed by atoms with E-state index in [0.717, 1.165) is 23.8 Å². The van der Waals surface area contributed by atoms with E-state index in [1.165, 1.54) is 45.3 Å². The zero-order chi connectivity index (χ0) is 14.7. The first-order valence-electron chi connectivity index (χ1n) is 8.57. The molecular formula is C17H35N3. The van der Waals surface area contributed by atoms with Gasteiger partial charge in [-0.2, -0.15) is 0 Å². The van der Waals surface area contributed by atoms with Crippen molar-refractivity contribution in [2.24, 2.45) is 17.8 Å². The van der Waals surface area contributed by atoms with Crippen LogP contribution in [0.2, 0.25) is 0 Å². The minimum atomic E-state index is 0.716. The van der Waals surface area contributed by atoms with Crippen molar-refractivity contribution in [3.05, 3.63) is 0 Å². The fourth-order valence-electron chi connectivity index (χ4n) is 4.47. The van der Waals surface area contributed by atoms with Gasteiger partial charge in [0, 0.05) is 25.2 Å². The summed E-state index contributed by atoms with van der Waals surface area (Å²) < 4.78 is 0. The fraction of sp³-hybridized carbons (Fsp3) is 1.00. The van der Waals surface area contributed by atoms with E-state index in [-0.39, 0.29) is 0 Å². The third-order valence-corrected chi connectivity index (χ3v) is 5.73. The Bertz CT molecular complexity index is 292. The Hall–Kier alpha value is -0.120. The quantitative estimate of drug-likeness (QED) is 0.853. The SMILES string of the molecule is CNC1CC(C)CC(C)C1CN1CCCC(N(C)C)C1. The van der Waals surface area contributed by atoms with Gasteiger partial charge >= 0.3 is 0 Å². The maximum absolute atomic E-state index is 3.60. The molecule has 0 amide bonds. The molecule has 1 saturated heterocycles. The number of hydrogen-bond donors (Lipinski definition) is 1. The lowest BCUT2D eigenvalue weighted by atomic mass is 9.72. The number of piperidine rings is 1. The highest BCUT2D eigenvalue weighted by molar-refractivity contribution is 4.90. The van der Waals surface area contributed by atoms with Crippen LogP contribution in [0.1, 0.15) is 39.5 Å². The average Bonchev–Trinajstić information content (AvgIpc) is 2.41. The van der Waals surface area contributed by atoms with Gasteiger partial charge in [-0.05, 0) is 71.1 Å². The second-order valence-corrected chi connectivity index (χ2v) is 7.63. The summed E-state index contributed by atoms with van der Waals surface area (Å²) in [5, 5.41) is 3.60. The zero-order valence-electron chi connectivity index (χ0n) is 14.2. The standard InChI is InChI=1S/C17H35N3/c1-13-9-14(2)16(17(10-13)18-3)12-20-8-6-7-15(11-20)19(4)5/h13-18H,6-12H2,1-5H3. The maximum Gasteiger partial charge on any atom is 0.0217 e. The third-order valence-electron chi connectivity index (χ3n) is 5.73. The highest BCUT2D eigenvalue weighted by atomic mass is 15.2. The molecule has 0 aromatic rings. The Morgan fingerprint density at radius 2 is 1.95 bits per heavy atom. The van der Waals surface area contributed by atoms with Crippen LogP contribution < -0.4 is 5.32 Å². The second-order valence-electron chi connectivity index (χ2n) is 7.63. The molecule has 3 nitrogen and oxygen atoms in total. The van der Waals surface area contributed by atoms with E-state index in [4.69, 9.17) is 0 Å². The Morgan fingerprint density at radius 3 is 2.60 bits per heavy atom. The summed E-state index contributed by atoms with van der Waals surface area (Å²) in [6, 6.07) is 1.48. The summed E-state index contributed by atoms with van der Waals surface area (Å²) in [7, 11) is 6.62. The van der Waals surface area contributed by atoms with Gasteiger partial charge in [0.1, 0.15) is 0 Å². The van der Waals surface area contributed by atoms with Crippen LogP contribution in [0.15, 0.2) is 0 Å². The number of likely N-dealkylation sites (N-methyl/N-ethyl adjacent to an activating group) is 1. The van der Waals surface area contributed by atoms with Crippen molar-refractivity contribution >= 4 is 0 Å². The lowest BCUT2D eigenvalue weighted by Crippen LogP contribution is -2.52. The van der Waals surface area contributed by atoms with Gasteiger partial charge in [-0.3, -0.25) is 0 Å². The Labute approximate surface area is 126 Å². The molecular weight excluding hydrogens is 246 g/mol. The number of hydrogen-bond acceptors (Lipinski definition) is 3. The van der Waals surface area contributed by atoms with E-state index < -0.39 is 0 Å². The van der Waals surface area contributed by atoms with Gasteiger partial charge in [0.25, 0.3) is 0 Å². The van der Waals surface area contributed by atoms with Crippen molar-refractivity contribution in [3.63, 3.8) is 0 Å². The van der Waals surface area contributed by atoms with E-state index >= 15 is 0 Å². The molecule has 3 heteroatoms. The highest BCUT2D eigenvalue weighted by Gasteiger charge is 2.35. The molecule has 2 aliphatic rings. The van der Waals surface area contributed by atoms with Crippen molar-refractivity contribution in [2.45, 2.75) is 51.6 Å². The van der Waals surface area contributed by atoms with Crippen LogP contribution in [0.3, 0.4) is 0 Å². The molecule has 0 radical (unpaired) electrons. The van der Waals surface area contributed by atoms with Gasteiger partial charge in [0.15, 0.2) is 0 Å². The molecule has 5 unspecified atom stereocenters. The van der Waals surface area contributed by atoms with E-state index in [1.807, 2.05) is 0 Å². The van der Waals surface area contributed by atoms with Crippen molar-refractivity contribution in [1.82, 2.24) is 15.1 Å². The van der Waals surface area contributed by atoms with Crippen LogP contribution in [0, 0.1) is 17.8 Å². The molecule has 1 heterocycles. The van der Waals surface area contributed by atoms with Crippen LogP contribution in [0.4, 0.5) is 0 Å². The first-order valence-corrected chi connectivity index (χ1v) is 8.57. The first kappa shape index (κ1) is 16.3. The number of rotatable bonds is 4. The van der Waals surface area contributed by atoms with Crippen molar-refractivity contribution in [3.8, 4) is 0 Å². The van der Waals surface area contributed by atoms with Gasteiger partial charge in [0.05, 0.1) is 0 Å². The molecule has 1 saturated carbocycles. The lowest BCUT2D eigenvalue weighted by Gasteiger charge is -2.44. The van der Waals surface area contributed by atoms with Crippen LogP contribution in [-0.2, 0) is 0 Å². The van der Waals surface area contributed by atoms with Crippen LogP contribution in [-0.4, -0.2) is 62.7 Å². The fourth-order valence-corrected chi connectivity index (χ4v) is 4.47. The smallest absolute Gasteiger partial charge is 0.0217 e. The summed E-state index contributed by atoms with van der Waals surface area (Å²) in [5.41, 5.74) is 0. The summed E-state index contributed by atoms with van der Waals surface area (Å²) in [5.74, 6) is 2.57. The molecule has 1 aliphatic heterocycles. The van der Waals surface area contributed by atoms with E-state index in [0.29, 0.717) is 6.04 Å². The number of likely N-dealkylation sites (tertiary alicyclic amines) is 1. The number of nitrogens with zero attached hydrogens (tertiary/aromatic N) is 2. The molecule has 5 atom stereocenters. The Morgan fingerprint density at radius 1 is 1.20 bits per heavy atom. The molecule has 20 heavy (non-hydrogen) atoms. The molecule has 2 rings (SSSR count). The van der Waals surface area contributed by atoms with Crippen LogP contribution in [0.5, 0.6) is 0 Å². The molecule has 0 bridgehead atoms. The maximum atomic E-state index is 3.60. The zero-order valence-corrected chi connectivity index (χ0v) is 14.2. The first-order chi connectivity index (χ1) is 9.51. The summed E-state index contributed by atoms with van der Waals surface area (Å²) in [4.78, 5) is 5.14. The van der Waals surface area contributed by atoms with Crippen molar-refractivity contribution in [1.29, 1.82) is 0 Å². The van der Waals surface area contributed by atoms with Gasteiger partial charge in [0.2, 0.25) is 0 Å². The average molecular weight is 281 g/mol. The summed E-state index contributed by atoms with van der Waals surface area (Å²) in [6.45, 7) is 8.75. The van der Waals surface area contributed by atoms with E-state index in [1.54, 1.807) is 0 Å². The van der Waals surface area contributed by atoms with Crippen molar-refractivity contribution < 1.29 is 0 Å². The monoisotopic (exact) mass is 281 g/mol. The summed E-state index contributed by atoms with van der Waals surface area (Å²) in [6.07, 6.45) is 5.50. The van der Waals surface area contributed by atoms with Crippen LogP contribution >= 0.6 is 0 Å². The predicted molar refractivity (Wildman–Crippen MR) is 87.0 cm³/mol. The topological polar surface area (TPSA) is 18.5 Å². The molecule has 1 N–H and O–H groups in total. The van der Waals surface area contributed by atoms with E-state index in [2.05, 4.69) is 50.1 Å². The Kier molecular flexibility index (Phi) is 5.88. The van der Waals surface area contributed by atoms with E-state index in [9.17, 15) is 0 Å². The highest BCUT2D eigenvalue weighted by Crippen LogP contribution is 2.34. The minimum absolute atomic E-state index is 0.716. The number of nitrogens with one attached hydrogen (secondary N) is 1. The lowest BCUT2D eigenvalue weighted by molar-refractivity contribution is 0.0697. The van der Waals surface area contributed by atoms with Crippen LogP contribution in [0.25, 0.3) is 0 Å². The van der Waals surface area contributed by atoms with Gasteiger partial charge in [-0.1, -0.05) is 13.8 Å². The third kappa shape index (κ3) is 3.96. The molecule has 0 aromatic carbocycles. The van der Waals surface area contributed by atoms with Crippen molar-refractivity contribution in [2.75, 3.05) is 40.8 Å². The molecule has 118 valence electrons. The molecule has 0 spiro atoms. The van der Waals surface area contributed by atoms with Gasteiger partial charge in [-0.25, -0.2) is 0 Å². The minimum Gasteiger partial charge on any atom is -0.317 e. The normalized spacial score (nSPS) is 40.2. The molecule has 0 aromatic heterocycles. The van der Waals surface area contributed by atoms with Gasteiger partial charge in [-0.15, -0.1) is 0 Å². The Balaban J connectivity index is 1.93. The molecule has 2 fully saturated rings. The predicted octanol–water partition coefficient (Wildman–Crippen LogP) is 2.28.